The van der Waals surface area contributed by atoms with E-state index in [1.807, 2.05) is 18.2 Å². The van der Waals surface area contributed by atoms with Gasteiger partial charge in [0.05, 0.1) is 19.8 Å². The summed E-state index contributed by atoms with van der Waals surface area (Å²) in [5, 5.41) is 0. The molecule has 0 radical (unpaired) electrons. The van der Waals surface area contributed by atoms with Gasteiger partial charge in [-0.05, 0) is 12.1 Å². The van der Waals surface area contributed by atoms with Crippen LogP contribution in [-0.2, 0) is 19.1 Å². The smallest absolute Gasteiger partial charge is 0.242 e. The molecule has 1 aromatic carbocycles. The molecule has 7 nitrogen and oxygen atoms in total. The minimum Gasteiger partial charge on any atom is -0.347 e. The second kappa shape index (κ2) is 7.29. The number of nitrogens with two attached hydrogens (primary N) is 1. The molecule has 0 saturated carbocycles. The number of carbonyl (C=O) groups excluding carboxylic acids is 2. The Balaban J connectivity index is 1.63. The van der Waals surface area contributed by atoms with Crippen molar-refractivity contribution in [3.05, 3.63) is 30.3 Å². The van der Waals surface area contributed by atoms with E-state index < -0.39 is 5.79 Å². The Kier molecular flexibility index (Phi) is 5.13. The van der Waals surface area contributed by atoms with Gasteiger partial charge in [0.25, 0.3) is 0 Å². The molecule has 2 amide bonds. The standard InChI is InChI=1S/C17H23N3O4/c18-12-15(21)20(14-4-2-1-3-5-14)13-16(22)19-8-6-17(7-9-19)23-10-11-24-17/h1-5H,6-13,18H2. The first-order valence-corrected chi connectivity index (χ1v) is 8.25. The van der Waals surface area contributed by atoms with Gasteiger partial charge in [0.2, 0.25) is 11.8 Å². The van der Waals surface area contributed by atoms with Crippen LogP contribution in [0.1, 0.15) is 12.8 Å². The molecule has 2 aliphatic heterocycles. The molecule has 0 unspecified atom stereocenters. The maximum Gasteiger partial charge on any atom is 0.242 e. The summed E-state index contributed by atoms with van der Waals surface area (Å²) in [4.78, 5) is 27.9. The molecule has 130 valence electrons. The second-order valence-electron chi connectivity index (χ2n) is 6.01. The molecule has 1 spiro atoms. The molecule has 2 heterocycles. The highest BCUT2D eigenvalue weighted by molar-refractivity contribution is 5.99. The van der Waals surface area contributed by atoms with Crippen LogP contribution in [0.4, 0.5) is 5.69 Å². The minimum atomic E-state index is -0.511. The Labute approximate surface area is 141 Å². The summed E-state index contributed by atoms with van der Waals surface area (Å²) in [6.45, 7) is 2.22. The van der Waals surface area contributed by atoms with E-state index in [9.17, 15) is 9.59 Å². The molecule has 2 saturated heterocycles. The van der Waals surface area contributed by atoms with E-state index in [4.69, 9.17) is 15.2 Å². The third-order valence-electron chi connectivity index (χ3n) is 4.53. The van der Waals surface area contributed by atoms with Crippen LogP contribution < -0.4 is 10.6 Å². The first-order valence-electron chi connectivity index (χ1n) is 8.25. The number of ether oxygens (including phenoxy) is 2. The molecule has 24 heavy (non-hydrogen) atoms. The van der Waals surface area contributed by atoms with Gasteiger partial charge in [-0.25, -0.2) is 0 Å². The van der Waals surface area contributed by atoms with Crippen LogP contribution in [0, 0.1) is 0 Å². The number of likely N-dealkylation sites (tertiary alicyclic amines) is 1. The first-order chi connectivity index (χ1) is 11.6. The third kappa shape index (κ3) is 3.58. The van der Waals surface area contributed by atoms with E-state index >= 15 is 0 Å². The predicted molar refractivity (Wildman–Crippen MR) is 88.3 cm³/mol. The Morgan fingerprint density at radius 2 is 1.75 bits per heavy atom. The topological polar surface area (TPSA) is 85.1 Å². The van der Waals surface area contributed by atoms with Crippen molar-refractivity contribution in [2.75, 3.05) is 44.3 Å². The Morgan fingerprint density at radius 3 is 2.33 bits per heavy atom. The molecular formula is C17H23N3O4. The third-order valence-corrected chi connectivity index (χ3v) is 4.53. The fourth-order valence-electron chi connectivity index (χ4n) is 3.16. The number of piperidine rings is 1. The normalized spacial score (nSPS) is 19.5. The average Bonchev–Trinajstić information content (AvgIpc) is 3.08. The lowest BCUT2D eigenvalue weighted by molar-refractivity contribution is -0.187. The summed E-state index contributed by atoms with van der Waals surface area (Å²) in [6.07, 6.45) is 1.32. The fourth-order valence-corrected chi connectivity index (χ4v) is 3.16. The van der Waals surface area contributed by atoms with E-state index in [2.05, 4.69) is 0 Å². The van der Waals surface area contributed by atoms with Gasteiger partial charge >= 0.3 is 0 Å². The van der Waals surface area contributed by atoms with E-state index in [1.165, 1.54) is 4.90 Å². The number of para-hydroxylation sites is 1. The molecule has 2 aliphatic rings. The SMILES string of the molecule is NCC(=O)N(CC(=O)N1CCC2(CC1)OCCO2)c1ccccc1. The van der Waals surface area contributed by atoms with Gasteiger partial charge < -0.3 is 25.0 Å². The molecule has 0 aromatic heterocycles. The van der Waals surface area contributed by atoms with Crippen molar-refractivity contribution in [3.63, 3.8) is 0 Å². The molecule has 3 rings (SSSR count). The molecular weight excluding hydrogens is 310 g/mol. The maximum atomic E-state index is 12.6. The lowest BCUT2D eigenvalue weighted by atomic mass is 10.0. The highest BCUT2D eigenvalue weighted by Crippen LogP contribution is 2.31. The lowest BCUT2D eigenvalue weighted by Gasteiger charge is -2.38. The molecule has 0 aliphatic carbocycles. The van der Waals surface area contributed by atoms with Gasteiger partial charge in [-0.3, -0.25) is 9.59 Å². The number of hydrogen-bond acceptors (Lipinski definition) is 5. The largest absolute Gasteiger partial charge is 0.347 e. The molecule has 0 bridgehead atoms. The molecule has 0 atom stereocenters. The maximum absolute atomic E-state index is 12.6. The number of carbonyl (C=O) groups is 2. The zero-order valence-electron chi connectivity index (χ0n) is 13.6. The van der Waals surface area contributed by atoms with Crippen molar-refractivity contribution in [2.24, 2.45) is 5.73 Å². The second-order valence-corrected chi connectivity index (χ2v) is 6.01. The quantitative estimate of drug-likeness (QED) is 0.859. The molecule has 2 fully saturated rings. The Bertz CT molecular complexity index is 577. The summed E-state index contributed by atoms with van der Waals surface area (Å²) in [7, 11) is 0. The highest BCUT2D eigenvalue weighted by Gasteiger charge is 2.41. The van der Waals surface area contributed by atoms with Crippen LogP contribution in [-0.4, -0.2) is 61.9 Å². The van der Waals surface area contributed by atoms with Crippen molar-refractivity contribution in [1.82, 2.24) is 4.90 Å². The van der Waals surface area contributed by atoms with Crippen molar-refractivity contribution < 1.29 is 19.1 Å². The highest BCUT2D eigenvalue weighted by atomic mass is 16.7. The van der Waals surface area contributed by atoms with Crippen molar-refractivity contribution in [1.29, 1.82) is 0 Å². The van der Waals surface area contributed by atoms with E-state index in [1.54, 1.807) is 17.0 Å². The summed E-state index contributed by atoms with van der Waals surface area (Å²) in [5.41, 5.74) is 6.17. The van der Waals surface area contributed by atoms with Crippen molar-refractivity contribution in [2.45, 2.75) is 18.6 Å². The van der Waals surface area contributed by atoms with Crippen LogP contribution in [0.25, 0.3) is 0 Å². The van der Waals surface area contributed by atoms with Crippen LogP contribution in [0.5, 0.6) is 0 Å². The number of benzene rings is 1. The summed E-state index contributed by atoms with van der Waals surface area (Å²) >= 11 is 0. The van der Waals surface area contributed by atoms with Gasteiger partial charge in [0.1, 0.15) is 6.54 Å². The van der Waals surface area contributed by atoms with Crippen molar-refractivity contribution in [3.8, 4) is 0 Å². The number of nitrogens with zero attached hydrogens (tertiary/aromatic N) is 2. The van der Waals surface area contributed by atoms with Gasteiger partial charge in [0, 0.05) is 31.6 Å². The van der Waals surface area contributed by atoms with Gasteiger partial charge in [-0.2, -0.15) is 0 Å². The Hall–Kier alpha value is -1.96. The van der Waals surface area contributed by atoms with Crippen LogP contribution in [0.2, 0.25) is 0 Å². The number of anilines is 1. The van der Waals surface area contributed by atoms with Gasteiger partial charge in [0.15, 0.2) is 5.79 Å². The molecule has 7 heteroatoms. The summed E-state index contributed by atoms with van der Waals surface area (Å²) in [6, 6.07) is 9.12. The fraction of sp³-hybridized carbons (Fsp3) is 0.529. The van der Waals surface area contributed by atoms with Crippen LogP contribution in [0.15, 0.2) is 30.3 Å². The van der Waals surface area contributed by atoms with Crippen LogP contribution >= 0.6 is 0 Å². The van der Waals surface area contributed by atoms with Gasteiger partial charge in [-0.15, -0.1) is 0 Å². The number of hydrogen-bond donors (Lipinski definition) is 1. The zero-order chi connectivity index (χ0) is 17.0. The van der Waals surface area contributed by atoms with E-state index in [0.29, 0.717) is 44.8 Å². The van der Waals surface area contributed by atoms with Crippen LogP contribution in [0.3, 0.4) is 0 Å². The van der Waals surface area contributed by atoms with E-state index in [-0.39, 0.29) is 24.9 Å². The van der Waals surface area contributed by atoms with Gasteiger partial charge in [-0.1, -0.05) is 18.2 Å². The monoisotopic (exact) mass is 333 g/mol. The predicted octanol–water partition coefficient (Wildman–Crippen LogP) is 0.344. The number of amides is 2. The van der Waals surface area contributed by atoms with Crippen molar-refractivity contribution >= 4 is 17.5 Å². The minimum absolute atomic E-state index is 0.00520. The molecule has 1 aromatic rings. The summed E-state index contributed by atoms with van der Waals surface area (Å²) < 4.78 is 11.3. The molecule has 2 N–H and O–H groups in total. The lowest BCUT2D eigenvalue weighted by Crippen LogP contribution is -2.51. The average molecular weight is 333 g/mol. The summed E-state index contributed by atoms with van der Waals surface area (Å²) in [5.74, 6) is -0.873. The van der Waals surface area contributed by atoms with E-state index in [0.717, 1.165) is 0 Å². The number of rotatable bonds is 4. The Morgan fingerprint density at radius 1 is 1.12 bits per heavy atom. The first kappa shape index (κ1) is 16.9. The zero-order valence-corrected chi connectivity index (χ0v) is 13.6.